The van der Waals surface area contributed by atoms with Gasteiger partial charge in [-0.3, -0.25) is 4.79 Å². The first-order valence-corrected chi connectivity index (χ1v) is 8.27. The first-order valence-electron chi connectivity index (χ1n) is 8.27. The van der Waals surface area contributed by atoms with Crippen LogP contribution in [0.1, 0.15) is 24.9 Å². The third-order valence-electron chi connectivity index (χ3n) is 4.83. The Balaban J connectivity index is 1.74. The van der Waals surface area contributed by atoms with Crippen molar-refractivity contribution in [3.63, 3.8) is 0 Å². The summed E-state index contributed by atoms with van der Waals surface area (Å²) in [6, 6.07) is 6.02. The molecule has 1 saturated heterocycles. The number of nitrogens with one attached hydrogen (secondary N) is 1. The minimum absolute atomic E-state index is 0.163. The lowest BCUT2D eigenvalue weighted by Crippen LogP contribution is -2.43. The molecule has 0 aromatic heterocycles. The smallest absolute Gasteiger partial charge is 0.394 e. The van der Waals surface area contributed by atoms with E-state index in [1.54, 1.807) is 24.3 Å². The predicted octanol–water partition coefficient (Wildman–Crippen LogP) is 2.80. The van der Waals surface area contributed by atoms with E-state index in [0.29, 0.717) is 12.2 Å². The van der Waals surface area contributed by atoms with Crippen LogP contribution >= 0.6 is 0 Å². The standard InChI is InChI=1S/C17H19F3N2O4/c1-9-6-13(10-4-2-3-5-14(10)26-9)21-16(25)22-7-11(15(23)24)12(8-22)17(18,19)20/h2-5,9,11-13H,6-8H2,1H3,(H,21,25)(H,23,24)/t9-,11-,12-,13-/m1/s1. The number of amides is 2. The number of carboxylic acid groups (broad SMARTS) is 1. The van der Waals surface area contributed by atoms with Gasteiger partial charge in [-0.15, -0.1) is 0 Å². The molecule has 3 rings (SSSR count). The Morgan fingerprint density at radius 3 is 2.58 bits per heavy atom. The monoisotopic (exact) mass is 372 g/mol. The van der Waals surface area contributed by atoms with Crippen LogP contribution in [0.25, 0.3) is 0 Å². The number of aliphatic carboxylic acids is 1. The van der Waals surface area contributed by atoms with E-state index in [2.05, 4.69) is 5.32 Å². The molecule has 1 aromatic carbocycles. The van der Waals surface area contributed by atoms with Crippen molar-refractivity contribution in [3.8, 4) is 5.75 Å². The van der Waals surface area contributed by atoms with Crippen molar-refractivity contribution in [1.82, 2.24) is 10.2 Å². The SMILES string of the molecule is C[C@@H]1C[C@@H](NC(=O)N2C[C@@H](C(F)(F)F)[C@H](C(=O)O)C2)c2ccccc2O1. The first kappa shape index (κ1) is 18.3. The second kappa shape index (κ2) is 6.69. The summed E-state index contributed by atoms with van der Waals surface area (Å²) in [5, 5.41) is 11.8. The molecule has 2 N–H and O–H groups in total. The molecule has 9 heteroatoms. The molecular weight excluding hydrogens is 353 g/mol. The van der Waals surface area contributed by atoms with Crippen LogP contribution in [0, 0.1) is 11.8 Å². The largest absolute Gasteiger partial charge is 0.490 e. The highest BCUT2D eigenvalue weighted by atomic mass is 19.4. The minimum Gasteiger partial charge on any atom is -0.490 e. The van der Waals surface area contributed by atoms with Crippen LogP contribution in [0.3, 0.4) is 0 Å². The number of nitrogens with zero attached hydrogens (tertiary/aromatic N) is 1. The van der Waals surface area contributed by atoms with E-state index in [-0.39, 0.29) is 6.10 Å². The number of fused-ring (bicyclic) bond motifs is 1. The van der Waals surface area contributed by atoms with Crippen molar-refractivity contribution >= 4 is 12.0 Å². The number of likely N-dealkylation sites (tertiary alicyclic amines) is 1. The van der Waals surface area contributed by atoms with Gasteiger partial charge in [0.1, 0.15) is 5.75 Å². The quantitative estimate of drug-likeness (QED) is 0.837. The molecule has 4 atom stereocenters. The summed E-state index contributed by atoms with van der Waals surface area (Å²) in [7, 11) is 0. The predicted molar refractivity (Wildman–Crippen MR) is 84.7 cm³/mol. The highest BCUT2D eigenvalue weighted by molar-refractivity contribution is 5.78. The molecule has 0 radical (unpaired) electrons. The maximum atomic E-state index is 13.1. The van der Waals surface area contributed by atoms with Crippen LogP contribution in [0.5, 0.6) is 5.75 Å². The number of para-hydroxylation sites is 1. The van der Waals surface area contributed by atoms with Crippen LogP contribution < -0.4 is 10.1 Å². The highest BCUT2D eigenvalue weighted by Crippen LogP contribution is 2.38. The fourth-order valence-electron chi connectivity index (χ4n) is 3.53. The second-order valence-corrected chi connectivity index (χ2v) is 6.70. The Hall–Kier alpha value is -2.45. The Kier molecular flexibility index (Phi) is 4.72. The number of halogens is 3. The van der Waals surface area contributed by atoms with Crippen LogP contribution in [-0.4, -0.2) is 47.4 Å². The Labute approximate surface area is 147 Å². The van der Waals surface area contributed by atoms with Gasteiger partial charge >= 0.3 is 18.2 Å². The third-order valence-corrected chi connectivity index (χ3v) is 4.83. The van der Waals surface area contributed by atoms with Crippen molar-refractivity contribution in [2.75, 3.05) is 13.1 Å². The number of carbonyl (C=O) groups excluding carboxylic acids is 1. The number of ether oxygens (including phenoxy) is 1. The lowest BCUT2D eigenvalue weighted by Gasteiger charge is -2.32. The average Bonchev–Trinajstić information content (AvgIpc) is 3.00. The molecule has 26 heavy (non-hydrogen) atoms. The number of benzene rings is 1. The normalized spacial score (nSPS) is 28.2. The Morgan fingerprint density at radius 2 is 1.96 bits per heavy atom. The average molecular weight is 372 g/mol. The summed E-state index contributed by atoms with van der Waals surface area (Å²) >= 11 is 0. The number of hydrogen-bond donors (Lipinski definition) is 2. The van der Waals surface area contributed by atoms with Crippen molar-refractivity contribution in [2.24, 2.45) is 11.8 Å². The van der Waals surface area contributed by atoms with Gasteiger partial charge in [-0.1, -0.05) is 18.2 Å². The number of rotatable bonds is 2. The molecule has 142 valence electrons. The Morgan fingerprint density at radius 1 is 1.27 bits per heavy atom. The van der Waals surface area contributed by atoms with Crippen molar-refractivity contribution in [1.29, 1.82) is 0 Å². The molecule has 0 bridgehead atoms. The summed E-state index contributed by atoms with van der Waals surface area (Å²) in [4.78, 5) is 24.6. The van der Waals surface area contributed by atoms with E-state index in [1.165, 1.54) is 0 Å². The van der Waals surface area contributed by atoms with E-state index in [1.807, 2.05) is 6.92 Å². The molecule has 1 aromatic rings. The van der Waals surface area contributed by atoms with Gasteiger partial charge in [0, 0.05) is 25.1 Å². The van der Waals surface area contributed by atoms with Gasteiger partial charge in [-0.25, -0.2) is 4.79 Å². The lowest BCUT2D eigenvalue weighted by atomic mass is 9.96. The van der Waals surface area contributed by atoms with Gasteiger partial charge in [-0.05, 0) is 13.0 Å². The third kappa shape index (κ3) is 3.56. The topological polar surface area (TPSA) is 78.9 Å². The number of carbonyl (C=O) groups is 2. The molecule has 1 fully saturated rings. The fraction of sp³-hybridized carbons (Fsp3) is 0.529. The van der Waals surface area contributed by atoms with E-state index < -0.39 is 49.1 Å². The zero-order valence-corrected chi connectivity index (χ0v) is 14.0. The van der Waals surface area contributed by atoms with Gasteiger partial charge in [-0.2, -0.15) is 13.2 Å². The maximum Gasteiger partial charge on any atom is 0.394 e. The van der Waals surface area contributed by atoms with Crippen molar-refractivity contribution < 1.29 is 32.6 Å². The zero-order valence-electron chi connectivity index (χ0n) is 14.0. The van der Waals surface area contributed by atoms with E-state index in [9.17, 15) is 22.8 Å². The molecule has 2 aliphatic rings. The van der Waals surface area contributed by atoms with E-state index in [4.69, 9.17) is 9.84 Å². The molecule has 0 aliphatic carbocycles. The minimum atomic E-state index is -4.67. The second-order valence-electron chi connectivity index (χ2n) is 6.70. The highest BCUT2D eigenvalue weighted by Gasteiger charge is 2.53. The summed E-state index contributed by atoms with van der Waals surface area (Å²) in [6.07, 6.45) is -4.36. The van der Waals surface area contributed by atoms with Crippen LogP contribution in [-0.2, 0) is 4.79 Å². The number of alkyl halides is 3. The Bertz CT molecular complexity index is 709. The fourth-order valence-corrected chi connectivity index (χ4v) is 3.53. The van der Waals surface area contributed by atoms with Crippen molar-refractivity contribution in [3.05, 3.63) is 29.8 Å². The van der Waals surface area contributed by atoms with Gasteiger partial charge in [0.25, 0.3) is 0 Å². The summed E-state index contributed by atoms with van der Waals surface area (Å²) in [5.41, 5.74) is 0.750. The summed E-state index contributed by atoms with van der Waals surface area (Å²) in [6.45, 7) is 0.712. The maximum absolute atomic E-state index is 13.1. The molecule has 0 unspecified atom stereocenters. The van der Waals surface area contributed by atoms with Gasteiger partial charge in [0.2, 0.25) is 0 Å². The van der Waals surface area contributed by atoms with Crippen molar-refractivity contribution in [2.45, 2.75) is 31.7 Å². The molecule has 0 saturated carbocycles. The summed E-state index contributed by atoms with van der Waals surface area (Å²) in [5.74, 6) is -4.64. The van der Waals surface area contributed by atoms with E-state index in [0.717, 1.165) is 10.5 Å². The molecular formula is C17H19F3N2O4. The molecule has 6 nitrogen and oxygen atoms in total. The molecule has 0 spiro atoms. The van der Waals surface area contributed by atoms with Gasteiger partial charge in [0.05, 0.1) is 24.0 Å². The first-order chi connectivity index (χ1) is 12.2. The zero-order chi connectivity index (χ0) is 19.1. The van der Waals surface area contributed by atoms with Gasteiger partial charge < -0.3 is 20.1 Å². The van der Waals surface area contributed by atoms with Gasteiger partial charge in [0.15, 0.2) is 0 Å². The molecule has 2 heterocycles. The summed E-state index contributed by atoms with van der Waals surface area (Å²) < 4.78 is 44.9. The lowest BCUT2D eigenvalue weighted by molar-refractivity contribution is -0.187. The van der Waals surface area contributed by atoms with Crippen LogP contribution in [0.15, 0.2) is 24.3 Å². The van der Waals surface area contributed by atoms with Crippen LogP contribution in [0.2, 0.25) is 0 Å². The molecule has 2 amide bonds. The van der Waals surface area contributed by atoms with E-state index >= 15 is 0 Å². The number of hydrogen-bond acceptors (Lipinski definition) is 3. The molecule has 2 aliphatic heterocycles. The number of urea groups is 1. The number of carboxylic acids is 1. The van der Waals surface area contributed by atoms with Crippen LogP contribution in [0.4, 0.5) is 18.0 Å².